The van der Waals surface area contributed by atoms with Crippen LogP contribution in [0.1, 0.15) is 11.1 Å². The van der Waals surface area contributed by atoms with Crippen LogP contribution in [0.5, 0.6) is 0 Å². The maximum absolute atomic E-state index is 12.4. The van der Waals surface area contributed by atoms with Gasteiger partial charge in [-0.05, 0) is 11.1 Å². The molecule has 0 aliphatic carbocycles. The summed E-state index contributed by atoms with van der Waals surface area (Å²) in [6.07, 6.45) is -2.75. The van der Waals surface area contributed by atoms with E-state index in [0.29, 0.717) is 0 Å². The standard InChI is InChI=1S/C19H19ClN2O5/c20-17-16(23)11-21(18(24)26-12-14-7-3-1-4-8-14)22(17)19(25)27-13-15-9-5-2-6-10-15/h1-10,16-17,23H,11-13H2. The van der Waals surface area contributed by atoms with Gasteiger partial charge >= 0.3 is 12.2 Å². The summed E-state index contributed by atoms with van der Waals surface area (Å²) in [5.41, 5.74) is 0.457. The zero-order valence-corrected chi connectivity index (χ0v) is 15.2. The maximum atomic E-state index is 12.4. The minimum absolute atomic E-state index is 0.0166. The van der Waals surface area contributed by atoms with Crippen LogP contribution in [0.25, 0.3) is 0 Å². The van der Waals surface area contributed by atoms with Gasteiger partial charge in [-0.3, -0.25) is 0 Å². The van der Waals surface area contributed by atoms with E-state index in [0.717, 1.165) is 21.1 Å². The Hall–Kier alpha value is -2.77. The van der Waals surface area contributed by atoms with E-state index in [2.05, 4.69) is 0 Å². The normalized spacial score (nSPS) is 19.0. The number of benzene rings is 2. The fourth-order valence-corrected chi connectivity index (χ4v) is 2.85. The van der Waals surface area contributed by atoms with Crippen LogP contribution < -0.4 is 0 Å². The van der Waals surface area contributed by atoms with E-state index >= 15 is 0 Å². The van der Waals surface area contributed by atoms with E-state index in [1.54, 1.807) is 12.1 Å². The molecule has 0 saturated carbocycles. The minimum Gasteiger partial charge on any atom is -0.443 e. The van der Waals surface area contributed by atoms with Crippen LogP contribution in [0.15, 0.2) is 60.7 Å². The summed E-state index contributed by atoms with van der Waals surface area (Å²) in [6, 6.07) is 18.2. The van der Waals surface area contributed by atoms with Crippen molar-refractivity contribution in [1.82, 2.24) is 10.0 Å². The van der Waals surface area contributed by atoms with Crippen LogP contribution in [-0.4, -0.2) is 45.5 Å². The minimum atomic E-state index is -1.13. The summed E-state index contributed by atoms with van der Waals surface area (Å²) in [4.78, 5) is 24.8. The van der Waals surface area contributed by atoms with Gasteiger partial charge in [0.15, 0.2) is 5.50 Å². The molecule has 2 atom stereocenters. The van der Waals surface area contributed by atoms with Gasteiger partial charge in [0, 0.05) is 0 Å². The molecule has 2 aromatic carbocycles. The van der Waals surface area contributed by atoms with E-state index in [1.807, 2.05) is 48.5 Å². The molecule has 1 fully saturated rings. The van der Waals surface area contributed by atoms with Gasteiger partial charge < -0.3 is 14.6 Å². The average Bonchev–Trinajstić information content (AvgIpc) is 3.00. The number of nitrogens with zero attached hydrogens (tertiary/aromatic N) is 2. The van der Waals surface area contributed by atoms with E-state index in [4.69, 9.17) is 21.1 Å². The highest BCUT2D eigenvalue weighted by Gasteiger charge is 2.45. The molecule has 0 bridgehead atoms. The van der Waals surface area contributed by atoms with Crippen molar-refractivity contribution in [2.75, 3.05) is 6.54 Å². The predicted molar refractivity (Wildman–Crippen MR) is 97.4 cm³/mol. The lowest BCUT2D eigenvalue weighted by molar-refractivity contribution is -0.00337. The molecular weight excluding hydrogens is 372 g/mol. The van der Waals surface area contributed by atoms with Gasteiger partial charge in [0.2, 0.25) is 0 Å². The summed E-state index contributed by atoms with van der Waals surface area (Å²) in [5, 5.41) is 11.8. The van der Waals surface area contributed by atoms with Gasteiger partial charge in [-0.2, -0.15) is 5.01 Å². The Morgan fingerprint density at radius 3 is 1.93 bits per heavy atom. The second-order valence-electron chi connectivity index (χ2n) is 5.95. The van der Waals surface area contributed by atoms with Crippen molar-refractivity contribution in [1.29, 1.82) is 0 Å². The number of hydrogen-bond acceptors (Lipinski definition) is 5. The fourth-order valence-electron chi connectivity index (χ4n) is 2.59. The van der Waals surface area contributed by atoms with Crippen LogP contribution >= 0.6 is 11.6 Å². The van der Waals surface area contributed by atoms with Crippen LogP contribution in [0.3, 0.4) is 0 Å². The molecule has 1 aliphatic rings. The third kappa shape index (κ3) is 4.69. The van der Waals surface area contributed by atoms with Gasteiger partial charge in [-0.15, -0.1) is 0 Å². The Kier molecular flexibility index (Phi) is 6.16. The first kappa shape index (κ1) is 19.0. The predicted octanol–water partition coefficient (Wildman–Crippen LogP) is 3.12. The number of hydrogen-bond donors (Lipinski definition) is 1. The van der Waals surface area contributed by atoms with Crippen LogP contribution in [0, 0.1) is 0 Å². The SMILES string of the molecule is O=C(OCc1ccccc1)N1CC(O)C(Cl)N1C(=O)OCc1ccccc1. The molecule has 1 heterocycles. The van der Waals surface area contributed by atoms with Gasteiger partial charge in [-0.25, -0.2) is 14.6 Å². The number of halogens is 1. The number of hydrazine groups is 1. The second kappa shape index (κ2) is 8.75. The lowest BCUT2D eigenvalue weighted by Gasteiger charge is -2.27. The quantitative estimate of drug-likeness (QED) is 0.641. The topological polar surface area (TPSA) is 79.3 Å². The van der Waals surface area contributed by atoms with E-state index in [9.17, 15) is 14.7 Å². The van der Waals surface area contributed by atoms with Crippen LogP contribution in [-0.2, 0) is 22.7 Å². The highest BCUT2D eigenvalue weighted by Crippen LogP contribution is 2.24. The molecule has 27 heavy (non-hydrogen) atoms. The van der Waals surface area contributed by atoms with E-state index in [-0.39, 0.29) is 19.8 Å². The van der Waals surface area contributed by atoms with Gasteiger partial charge in [0.1, 0.15) is 19.3 Å². The molecule has 2 aromatic rings. The fraction of sp³-hybridized carbons (Fsp3) is 0.263. The Morgan fingerprint density at radius 1 is 0.926 bits per heavy atom. The lowest BCUT2D eigenvalue weighted by atomic mass is 10.2. The largest absolute Gasteiger partial charge is 0.443 e. The Balaban J connectivity index is 1.62. The third-order valence-electron chi connectivity index (χ3n) is 3.98. The smallest absolute Gasteiger partial charge is 0.430 e. The number of aliphatic hydroxyl groups is 1. The summed E-state index contributed by atoms with van der Waals surface area (Å²) >= 11 is 6.09. The van der Waals surface area contributed by atoms with E-state index < -0.39 is 23.8 Å². The average molecular weight is 391 g/mol. The van der Waals surface area contributed by atoms with Gasteiger partial charge in [-0.1, -0.05) is 72.3 Å². The van der Waals surface area contributed by atoms with Crippen molar-refractivity contribution in [3.8, 4) is 0 Å². The number of β-amino-alcohol motifs (C(OH)–C–C–N with tert-alkyl or cyclic N) is 1. The number of ether oxygens (including phenoxy) is 2. The third-order valence-corrected chi connectivity index (χ3v) is 4.46. The first-order chi connectivity index (χ1) is 13.1. The molecule has 0 spiro atoms. The molecular formula is C19H19ClN2O5. The van der Waals surface area contributed by atoms with Crippen LogP contribution in [0.4, 0.5) is 9.59 Å². The Morgan fingerprint density at radius 2 is 1.41 bits per heavy atom. The second-order valence-corrected chi connectivity index (χ2v) is 6.39. The molecule has 2 unspecified atom stereocenters. The summed E-state index contributed by atoms with van der Waals surface area (Å²) in [7, 11) is 0. The lowest BCUT2D eigenvalue weighted by Crippen LogP contribution is -2.47. The van der Waals surface area contributed by atoms with Crippen molar-refractivity contribution in [2.24, 2.45) is 0 Å². The molecule has 142 valence electrons. The molecule has 0 radical (unpaired) electrons. The number of amides is 2. The molecule has 1 aliphatic heterocycles. The molecule has 1 N–H and O–H groups in total. The van der Waals surface area contributed by atoms with Gasteiger partial charge in [0.25, 0.3) is 0 Å². The van der Waals surface area contributed by atoms with E-state index in [1.165, 1.54) is 0 Å². The molecule has 3 rings (SSSR count). The van der Waals surface area contributed by atoms with Crippen molar-refractivity contribution in [2.45, 2.75) is 24.8 Å². The summed E-state index contributed by atoms with van der Waals surface area (Å²) in [6.45, 7) is -0.114. The first-order valence-corrected chi connectivity index (χ1v) is 8.80. The zero-order chi connectivity index (χ0) is 19.2. The highest BCUT2D eigenvalue weighted by molar-refractivity contribution is 6.21. The summed E-state index contributed by atoms with van der Waals surface area (Å²) in [5.74, 6) is 0. The Bertz CT molecular complexity index is 774. The van der Waals surface area contributed by atoms with Crippen molar-refractivity contribution < 1.29 is 24.2 Å². The summed E-state index contributed by atoms with van der Waals surface area (Å²) < 4.78 is 10.4. The van der Waals surface area contributed by atoms with Crippen molar-refractivity contribution in [3.05, 3.63) is 71.8 Å². The zero-order valence-electron chi connectivity index (χ0n) is 14.4. The molecule has 2 amide bonds. The number of carbonyl (C=O) groups excluding carboxylic acids is 2. The van der Waals surface area contributed by atoms with Crippen molar-refractivity contribution in [3.63, 3.8) is 0 Å². The Labute approximate surface area is 161 Å². The van der Waals surface area contributed by atoms with Gasteiger partial charge in [0.05, 0.1) is 6.54 Å². The maximum Gasteiger partial charge on any atom is 0.430 e. The van der Waals surface area contributed by atoms with Crippen LogP contribution in [0.2, 0.25) is 0 Å². The molecule has 0 aromatic heterocycles. The number of rotatable bonds is 4. The number of carbonyl (C=O) groups is 2. The monoisotopic (exact) mass is 390 g/mol. The molecule has 1 saturated heterocycles. The number of aliphatic hydroxyl groups excluding tert-OH is 1. The first-order valence-electron chi connectivity index (χ1n) is 8.36. The highest BCUT2D eigenvalue weighted by atomic mass is 35.5. The molecule has 8 heteroatoms. The number of alkyl halides is 1. The molecule has 7 nitrogen and oxygen atoms in total. The van der Waals surface area contributed by atoms with Crippen molar-refractivity contribution >= 4 is 23.8 Å².